The summed E-state index contributed by atoms with van der Waals surface area (Å²) in [6.45, 7) is -0.257. The molecule has 0 aliphatic rings. The standard InChI is InChI=1S/C17H12BrFN4O2/c18-10-1-3-12(4-2-10)23-15(24)9-22-17(25)13-7-11(19)8-14-16(13)21-6-5-20-14/h1-8H,9H2,(H,22,25)(H,23,24). The summed E-state index contributed by atoms with van der Waals surface area (Å²) in [5.74, 6) is -1.60. The summed E-state index contributed by atoms with van der Waals surface area (Å²) in [6.07, 6.45) is 2.83. The zero-order valence-electron chi connectivity index (χ0n) is 12.8. The molecule has 0 atom stereocenters. The van der Waals surface area contributed by atoms with Gasteiger partial charge in [-0.25, -0.2) is 4.39 Å². The number of rotatable bonds is 4. The molecule has 1 aromatic heterocycles. The van der Waals surface area contributed by atoms with Crippen LogP contribution in [0.2, 0.25) is 0 Å². The van der Waals surface area contributed by atoms with Gasteiger partial charge in [-0.3, -0.25) is 19.6 Å². The lowest BCUT2D eigenvalue weighted by molar-refractivity contribution is -0.115. The van der Waals surface area contributed by atoms with Crippen molar-refractivity contribution in [3.05, 3.63) is 64.6 Å². The summed E-state index contributed by atoms with van der Waals surface area (Å²) < 4.78 is 14.5. The maximum atomic E-state index is 13.6. The molecule has 2 amide bonds. The van der Waals surface area contributed by atoms with E-state index in [0.717, 1.165) is 10.5 Å². The van der Waals surface area contributed by atoms with E-state index >= 15 is 0 Å². The maximum absolute atomic E-state index is 13.6. The van der Waals surface area contributed by atoms with Crippen molar-refractivity contribution in [2.75, 3.05) is 11.9 Å². The minimum atomic E-state index is -0.601. The van der Waals surface area contributed by atoms with Gasteiger partial charge in [-0.05, 0) is 30.3 Å². The van der Waals surface area contributed by atoms with E-state index in [-0.39, 0.29) is 23.1 Å². The topological polar surface area (TPSA) is 84.0 Å². The Morgan fingerprint density at radius 2 is 1.80 bits per heavy atom. The van der Waals surface area contributed by atoms with E-state index in [0.29, 0.717) is 5.69 Å². The zero-order valence-corrected chi connectivity index (χ0v) is 14.4. The lowest BCUT2D eigenvalue weighted by Crippen LogP contribution is -2.33. The molecule has 0 spiro atoms. The highest BCUT2D eigenvalue weighted by Gasteiger charge is 2.15. The van der Waals surface area contributed by atoms with Crippen LogP contribution in [-0.4, -0.2) is 28.3 Å². The van der Waals surface area contributed by atoms with Gasteiger partial charge in [0.1, 0.15) is 11.3 Å². The maximum Gasteiger partial charge on any atom is 0.254 e. The Kier molecular flexibility index (Phi) is 4.99. The number of carbonyl (C=O) groups is 2. The van der Waals surface area contributed by atoms with Gasteiger partial charge in [0.2, 0.25) is 5.91 Å². The summed E-state index contributed by atoms with van der Waals surface area (Å²) in [7, 11) is 0. The number of carbonyl (C=O) groups excluding carboxylic acids is 2. The van der Waals surface area contributed by atoms with Gasteiger partial charge in [-0.1, -0.05) is 15.9 Å². The molecule has 1 heterocycles. The normalized spacial score (nSPS) is 10.5. The predicted molar refractivity (Wildman–Crippen MR) is 94.6 cm³/mol. The highest BCUT2D eigenvalue weighted by Crippen LogP contribution is 2.16. The first-order valence-corrected chi connectivity index (χ1v) is 8.06. The van der Waals surface area contributed by atoms with Crippen LogP contribution in [0.4, 0.5) is 10.1 Å². The second-order valence-corrected chi connectivity index (χ2v) is 6.03. The Balaban J connectivity index is 1.68. The van der Waals surface area contributed by atoms with E-state index in [2.05, 4.69) is 36.5 Å². The molecule has 0 saturated heterocycles. The van der Waals surface area contributed by atoms with Crippen LogP contribution in [-0.2, 0) is 4.79 Å². The predicted octanol–water partition coefficient (Wildman–Crippen LogP) is 2.90. The van der Waals surface area contributed by atoms with Crippen molar-refractivity contribution in [2.45, 2.75) is 0 Å². The molecule has 2 N–H and O–H groups in total. The molecule has 0 aliphatic carbocycles. The molecule has 0 saturated carbocycles. The largest absolute Gasteiger partial charge is 0.343 e. The number of benzene rings is 2. The lowest BCUT2D eigenvalue weighted by atomic mass is 10.1. The molecule has 3 aromatic rings. The van der Waals surface area contributed by atoms with Gasteiger partial charge in [0.25, 0.3) is 5.91 Å². The van der Waals surface area contributed by atoms with Crippen LogP contribution >= 0.6 is 15.9 Å². The van der Waals surface area contributed by atoms with E-state index in [9.17, 15) is 14.0 Å². The van der Waals surface area contributed by atoms with Gasteiger partial charge in [0.05, 0.1) is 17.6 Å². The Morgan fingerprint density at radius 1 is 1.08 bits per heavy atom. The minimum absolute atomic E-state index is 0.0274. The Bertz CT molecular complexity index is 947. The van der Waals surface area contributed by atoms with Crippen molar-refractivity contribution in [1.82, 2.24) is 15.3 Å². The van der Waals surface area contributed by atoms with E-state index in [1.54, 1.807) is 24.3 Å². The molecular weight excluding hydrogens is 391 g/mol. The molecule has 0 radical (unpaired) electrons. The van der Waals surface area contributed by atoms with Crippen LogP contribution in [0.25, 0.3) is 11.0 Å². The van der Waals surface area contributed by atoms with Crippen LogP contribution in [0.3, 0.4) is 0 Å². The molecule has 8 heteroatoms. The fourth-order valence-corrected chi connectivity index (χ4v) is 2.47. The molecule has 6 nitrogen and oxygen atoms in total. The van der Waals surface area contributed by atoms with E-state index in [1.165, 1.54) is 18.5 Å². The van der Waals surface area contributed by atoms with E-state index in [1.807, 2.05) is 0 Å². The third-order valence-corrected chi connectivity index (χ3v) is 3.85. The molecule has 25 heavy (non-hydrogen) atoms. The van der Waals surface area contributed by atoms with Crippen LogP contribution in [0.5, 0.6) is 0 Å². The monoisotopic (exact) mass is 402 g/mol. The summed E-state index contributed by atoms with van der Waals surface area (Å²) in [5, 5.41) is 5.10. The van der Waals surface area contributed by atoms with E-state index in [4.69, 9.17) is 0 Å². The summed E-state index contributed by atoms with van der Waals surface area (Å²) in [4.78, 5) is 32.2. The fourth-order valence-electron chi connectivity index (χ4n) is 2.21. The van der Waals surface area contributed by atoms with Crippen LogP contribution in [0.15, 0.2) is 53.3 Å². The van der Waals surface area contributed by atoms with Crippen LogP contribution in [0.1, 0.15) is 10.4 Å². The van der Waals surface area contributed by atoms with Gasteiger partial charge in [0, 0.05) is 28.6 Å². The third kappa shape index (κ3) is 4.16. The molecule has 0 unspecified atom stereocenters. The van der Waals surface area contributed by atoms with Crippen molar-refractivity contribution in [2.24, 2.45) is 0 Å². The number of aromatic nitrogens is 2. The number of amides is 2. The minimum Gasteiger partial charge on any atom is -0.343 e. The number of halogens is 2. The summed E-state index contributed by atoms with van der Waals surface area (Å²) in [6, 6.07) is 9.27. The average Bonchev–Trinajstić information content (AvgIpc) is 2.61. The highest BCUT2D eigenvalue weighted by atomic mass is 79.9. The van der Waals surface area contributed by atoms with Gasteiger partial charge in [-0.15, -0.1) is 0 Å². The summed E-state index contributed by atoms with van der Waals surface area (Å²) in [5.41, 5.74) is 1.17. The first-order chi connectivity index (χ1) is 12.0. The number of hydrogen-bond donors (Lipinski definition) is 2. The van der Waals surface area contributed by atoms with Crippen molar-refractivity contribution < 1.29 is 14.0 Å². The van der Waals surface area contributed by atoms with Crippen molar-refractivity contribution in [1.29, 1.82) is 0 Å². The van der Waals surface area contributed by atoms with E-state index < -0.39 is 17.6 Å². The van der Waals surface area contributed by atoms with Gasteiger partial charge < -0.3 is 10.6 Å². The smallest absolute Gasteiger partial charge is 0.254 e. The fraction of sp³-hybridized carbons (Fsp3) is 0.0588. The Morgan fingerprint density at radius 3 is 2.56 bits per heavy atom. The highest BCUT2D eigenvalue weighted by molar-refractivity contribution is 9.10. The first-order valence-electron chi connectivity index (χ1n) is 7.27. The van der Waals surface area contributed by atoms with Gasteiger partial charge in [-0.2, -0.15) is 0 Å². The number of fused-ring (bicyclic) bond motifs is 1. The average molecular weight is 403 g/mol. The number of hydrogen-bond acceptors (Lipinski definition) is 4. The van der Waals surface area contributed by atoms with Gasteiger partial charge in [0.15, 0.2) is 0 Å². The SMILES string of the molecule is O=C(CNC(=O)c1cc(F)cc2nccnc12)Nc1ccc(Br)cc1. The molecule has 3 rings (SSSR count). The molecular formula is C17H12BrFN4O2. The number of anilines is 1. The second kappa shape index (κ2) is 7.35. The number of nitrogens with one attached hydrogen (secondary N) is 2. The molecule has 0 bridgehead atoms. The van der Waals surface area contributed by atoms with Crippen LogP contribution in [0, 0.1) is 5.82 Å². The summed E-state index contributed by atoms with van der Waals surface area (Å²) >= 11 is 3.30. The quantitative estimate of drug-likeness (QED) is 0.702. The lowest BCUT2D eigenvalue weighted by Gasteiger charge is -2.08. The molecule has 2 aromatic carbocycles. The van der Waals surface area contributed by atoms with Crippen molar-refractivity contribution in [3.63, 3.8) is 0 Å². The number of nitrogens with zero attached hydrogens (tertiary/aromatic N) is 2. The second-order valence-electron chi connectivity index (χ2n) is 5.12. The first kappa shape index (κ1) is 17.0. The molecule has 0 fully saturated rings. The zero-order chi connectivity index (χ0) is 17.8. The van der Waals surface area contributed by atoms with Crippen molar-refractivity contribution >= 4 is 44.5 Å². The molecule has 126 valence electrons. The Hall–Kier alpha value is -2.87. The van der Waals surface area contributed by atoms with Gasteiger partial charge >= 0.3 is 0 Å². The Labute approximate surface area is 150 Å². The van der Waals surface area contributed by atoms with Crippen LogP contribution < -0.4 is 10.6 Å². The third-order valence-electron chi connectivity index (χ3n) is 3.32. The molecule has 0 aliphatic heterocycles. The van der Waals surface area contributed by atoms with Crippen molar-refractivity contribution in [3.8, 4) is 0 Å².